The van der Waals surface area contributed by atoms with E-state index in [1.54, 1.807) is 6.20 Å². The second kappa shape index (κ2) is 7.14. The first-order valence-corrected chi connectivity index (χ1v) is 8.37. The lowest BCUT2D eigenvalue weighted by atomic mass is 9.98. The lowest BCUT2D eigenvalue weighted by Crippen LogP contribution is -2.31. The summed E-state index contributed by atoms with van der Waals surface area (Å²) in [6.45, 7) is 1.32. The first-order chi connectivity index (χ1) is 11.6. The van der Waals surface area contributed by atoms with E-state index < -0.39 is 5.66 Å². The van der Waals surface area contributed by atoms with Crippen LogP contribution in [0.5, 0.6) is 0 Å². The molecule has 1 fully saturated rings. The summed E-state index contributed by atoms with van der Waals surface area (Å²) in [5.41, 5.74) is 0.660. The number of carbonyl (C=O) groups is 1. The molecule has 0 bridgehead atoms. The van der Waals surface area contributed by atoms with Crippen LogP contribution in [0.25, 0.3) is 0 Å². The molecule has 1 amide bonds. The van der Waals surface area contributed by atoms with E-state index in [1.807, 2.05) is 17.8 Å². The monoisotopic (exact) mass is 329 g/mol. The van der Waals surface area contributed by atoms with Gasteiger partial charge in [-0.3, -0.25) is 9.48 Å². The summed E-state index contributed by atoms with van der Waals surface area (Å²) >= 11 is 0. The Kier molecular flexibility index (Phi) is 4.95. The fraction of sp³-hybridized carbons (Fsp3) is 0.647. The van der Waals surface area contributed by atoms with E-state index in [2.05, 4.69) is 26.6 Å². The predicted octanol–water partition coefficient (Wildman–Crippen LogP) is 1.97. The van der Waals surface area contributed by atoms with Crippen LogP contribution in [-0.2, 0) is 16.6 Å². The molecular formula is C17H23N5O2. The number of rotatable bonds is 8. The standard InChI is InChI=1S/C17H23N5O2/c1-3-4-8-17(20-21-17)9-5-15(23)18-12-13-7-11-24-16(13)14-6-10-19-22(14)2/h1,6,10,13,16H,4-5,7-9,11-12H2,2H3,(H,18,23)/t13-,16+/m0/s1. The molecule has 0 unspecified atom stereocenters. The maximum atomic E-state index is 12.1. The van der Waals surface area contributed by atoms with Gasteiger partial charge in [-0.05, 0) is 12.5 Å². The van der Waals surface area contributed by atoms with Gasteiger partial charge < -0.3 is 10.1 Å². The number of nitrogens with one attached hydrogen (secondary N) is 1. The quantitative estimate of drug-likeness (QED) is 0.740. The van der Waals surface area contributed by atoms with Crippen LogP contribution in [0.2, 0.25) is 0 Å². The highest BCUT2D eigenvalue weighted by atomic mass is 16.5. The molecule has 0 aromatic carbocycles. The Balaban J connectivity index is 1.43. The third-order valence-corrected chi connectivity index (χ3v) is 4.73. The Hall–Kier alpha value is -2.20. The summed E-state index contributed by atoms with van der Waals surface area (Å²) in [6.07, 6.45) is 10.4. The van der Waals surface area contributed by atoms with Crippen molar-refractivity contribution in [3.8, 4) is 12.3 Å². The third-order valence-electron chi connectivity index (χ3n) is 4.73. The average Bonchev–Trinajstić information content (AvgIpc) is 2.98. The van der Waals surface area contributed by atoms with E-state index in [0.717, 1.165) is 18.5 Å². The van der Waals surface area contributed by atoms with Gasteiger partial charge in [0.25, 0.3) is 0 Å². The molecule has 1 aromatic heterocycles. The van der Waals surface area contributed by atoms with Gasteiger partial charge in [0.1, 0.15) is 6.10 Å². The van der Waals surface area contributed by atoms with Crippen LogP contribution in [0, 0.1) is 18.3 Å². The Labute approximate surface area is 141 Å². The van der Waals surface area contributed by atoms with Crippen molar-refractivity contribution in [2.75, 3.05) is 13.2 Å². The zero-order chi connectivity index (χ0) is 17.0. The molecule has 1 N–H and O–H groups in total. The molecule has 2 aliphatic rings. The Morgan fingerprint density at radius 3 is 3.04 bits per heavy atom. The minimum absolute atomic E-state index is 0.00629. The first-order valence-electron chi connectivity index (χ1n) is 8.37. The maximum Gasteiger partial charge on any atom is 0.220 e. The summed E-state index contributed by atoms with van der Waals surface area (Å²) in [5.74, 6) is 2.90. The molecule has 2 atom stereocenters. The van der Waals surface area contributed by atoms with Crippen molar-refractivity contribution in [1.82, 2.24) is 15.1 Å². The Morgan fingerprint density at radius 1 is 1.54 bits per heavy atom. The smallest absolute Gasteiger partial charge is 0.220 e. The van der Waals surface area contributed by atoms with E-state index >= 15 is 0 Å². The SMILES string of the molecule is C#CCCC1(CCC(=O)NC[C@@H]2CCO[C@H]2c2ccnn2C)N=N1. The fourth-order valence-electron chi connectivity index (χ4n) is 3.15. The number of hydrogen-bond acceptors (Lipinski definition) is 5. The molecule has 2 aliphatic heterocycles. The van der Waals surface area contributed by atoms with Crippen molar-refractivity contribution in [3.05, 3.63) is 18.0 Å². The van der Waals surface area contributed by atoms with Gasteiger partial charge in [0.05, 0.1) is 5.69 Å². The van der Waals surface area contributed by atoms with Crippen LogP contribution in [0.3, 0.4) is 0 Å². The average molecular weight is 329 g/mol. The molecule has 128 valence electrons. The fourth-order valence-corrected chi connectivity index (χ4v) is 3.15. The van der Waals surface area contributed by atoms with Gasteiger partial charge in [-0.25, -0.2) is 0 Å². The number of ether oxygens (including phenoxy) is 1. The highest BCUT2D eigenvalue weighted by Crippen LogP contribution is 2.37. The zero-order valence-electron chi connectivity index (χ0n) is 13.9. The molecule has 0 saturated carbocycles. The lowest BCUT2D eigenvalue weighted by molar-refractivity contribution is -0.121. The number of carbonyl (C=O) groups excluding carboxylic acids is 1. The number of hydrogen-bond donors (Lipinski definition) is 1. The van der Waals surface area contributed by atoms with Crippen LogP contribution < -0.4 is 5.32 Å². The van der Waals surface area contributed by atoms with Crippen LogP contribution in [0.1, 0.15) is 43.9 Å². The van der Waals surface area contributed by atoms with Crippen LogP contribution >= 0.6 is 0 Å². The van der Waals surface area contributed by atoms with E-state index in [1.165, 1.54) is 0 Å². The highest BCUT2D eigenvalue weighted by Gasteiger charge is 2.39. The van der Waals surface area contributed by atoms with E-state index in [4.69, 9.17) is 11.2 Å². The van der Waals surface area contributed by atoms with Crippen molar-refractivity contribution in [2.24, 2.45) is 23.2 Å². The maximum absolute atomic E-state index is 12.1. The topological polar surface area (TPSA) is 80.9 Å². The molecule has 0 aliphatic carbocycles. The van der Waals surface area contributed by atoms with Gasteiger partial charge >= 0.3 is 0 Å². The van der Waals surface area contributed by atoms with Crippen molar-refractivity contribution in [2.45, 2.75) is 43.9 Å². The summed E-state index contributed by atoms with van der Waals surface area (Å²) in [5, 5.41) is 15.3. The van der Waals surface area contributed by atoms with Gasteiger partial charge in [0.2, 0.25) is 5.91 Å². The Bertz CT molecular complexity index is 654. The molecule has 1 aromatic rings. The first kappa shape index (κ1) is 16.7. The van der Waals surface area contributed by atoms with Crippen molar-refractivity contribution in [3.63, 3.8) is 0 Å². The van der Waals surface area contributed by atoms with Gasteiger partial charge in [-0.1, -0.05) is 0 Å². The molecule has 0 spiro atoms. The minimum atomic E-state index is -0.391. The molecule has 3 heterocycles. The number of terminal acetylenes is 1. The normalized spacial score (nSPS) is 23.8. The third kappa shape index (κ3) is 3.82. The minimum Gasteiger partial charge on any atom is -0.372 e. The molecule has 7 heteroatoms. The zero-order valence-corrected chi connectivity index (χ0v) is 13.9. The summed E-state index contributed by atoms with van der Waals surface area (Å²) < 4.78 is 7.66. The molecule has 0 radical (unpaired) electrons. The lowest BCUT2D eigenvalue weighted by Gasteiger charge is -2.19. The molecule has 1 saturated heterocycles. The summed E-state index contributed by atoms with van der Waals surface area (Å²) in [7, 11) is 1.91. The molecule has 24 heavy (non-hydrogen) atoms. The number of nitrogens with zero attached hydrogens (tertiary/aromatic N) is 4. The molecule has 7 nitrogen and oxygen atoms in total. The van der Waals surface area contributed by atoms with E-state index in [9.17, 15) is 4.79 Å². The number of aromatic nitrogens is 2. The second-order valence-electron chi connectivity index (χ2n) is 6.41. The predicted molar refractivity (Wildman–Crippen MR) is 87.9 cm³/mol. The van der Waals surface area contributed by atoms with Crippen LogP contribution in [0.4, 0.5) is 0 Å². The van der Waals surface area contributed by atoms with E-state index in [0.29, 0.717) is 32.4 Å². The van der Waals surface area contributed by atoms with Gasteiger partial charge in [-0.15, -0.1) is 12.3 Å². The molecule has 3 rings (SSSR count). The summed E-state index contributed by atoms with van der Waals surface area (Å²) in [4.78, 5) is 12.1. The summed E-state index contributed by atoms with van der Waals surface area (Å²) in [6, 6.07) is 1.97. The largest absolute Gasteiger partial charge is 0.372 e. The van der Waals surface area contributed by atoms with E-state index in [-0.39, 0.29) is 17.9 Å². The van der Waals surface area contributed by atoms with Crippen molar-refractivity contribution < 1.29 is 9.53 Å². The Morgan fingerprint density at radius 2 is 2.38 bits per heavy atom. The van der Waals surface area contributed by atoms with Gasteiger partial charge in [-0.2, -0.15) is 15.3 Å². The number of amides is 1. The van der Waals surface area contributed by atoms with Crippen molar-refractivity contribution >= 4 is 5.91 Å². The number of aryl methyl sites for hydroxylation is 1. The van der Waals surface area contributed by atoms with Gasteiger partial charge in [0, 0.05) is 58.0 Å². The molecular weight excluding hydrogens is 306 g/mol. The van der Waals surface area contributed by atoms with Gasteiger partial charge in [0.15, 0.2) is 5.66 Å². The highest BCUT2D eigenvalue weighted by molar-refractivity contribution is 5.76. The van der Waals surface area contributed by atoms with Crippen LogP contribution in [-0.4, -0.2) is 34.5 Å². The van der Waals surface area contributed by atoms with Crippen LogP contribution in [0.15, 0.2) is 22.5 Å². The second-order valence-corrected chi connectivity index (χ2v) is 6.41. The van der Waals surface area contributed by atoms with Crippen molar-refractivity contribution in [1.29, 1.82) is 0 Å².